The van der Waals surface area contributed by atoms with Gasteiger partial charge in [0.1, 0.15) is 5.75 Å². The van der Waals surface area contributed by atoms with Gasteiger partial charge in [0.05, 0.1) is 0 Å². The molecule has 1 aromatic heterocycles. The van der Waals surface area contributed by atoms with Gasteiger partial charge in [-0.05, 0) is 92.5 Å². The zero-order valence-electron chi connectivity index (χ0n) is 26.9. The molecule has 0 aliphatic carbocycles. The number of benzene rings is 2. The van der Waals surface area contributed by atoms with Crippen molar-refractivity contribution in [2.45, 2.75) is 64.3 Å². The number of ether oxygens (including phenoxy) is 1. The van der Waals surface area contributed by atoms with E-state index in [2.05, 4.69) is 32.3 Å². The Balaban J connectivity index is 1.12. The van der Waals surface area contributed by atoms with Crippen LogP contribution in [0.2, 0.25) is 0 Å². The van der Waals surface area contributed by atoms with Crippen LogP contribution >= 0.6 is 0 Å². The number of nitrogens with one attached hydrogen (secondary N) is 1. The summed E-state index contributed by atoms with van der Waals surface area (Å²) in [5.41, 5.74) is 5.49. The molecule has 8 heteroatoms. The van der Waals surface area contributed by atoms with Gasteiger partial charge in [0, 0.05) is 81.2 Å². The molecule has 3 aliphatic heterocycles. The quantitative estimate of drug-likeness (QED) is 0.368. The number of piperazine rings is 1. The number of carbonyl (C=O) groups excluding carboxylic acids is 1. The first-order chi connectivity index (χ1) is 21.8. The summed E-state index contributed by atoms with van der Waals surface area (Å²) in [6.45, 7) is 14.9. The van der Waals surface area contributed by atoms with Gasteiger partial charge >= 0.3 is 0 Å². The number of piperidine rings is 1. The van der Waals surface area contributed by atoms with Crippen molar-refractivity contribution in [3.8, 4) is 5.75 Å². The molecule has 45 heavy (non-hydrogen) atoms. The van der Waals surface area contributed by atoms with Gasteiger partial charge in [-0.1, -0.05) is 36.9 Å². The average molecular weight is 613 g/mol. The number of phenolic OH excluding ortho intramolecular Hbond substituents is 1. The summed E-state index contributed by atoms with van der Waals surface area (Å²) >= 11 is 0. The van der Waals surface area contributed by atoms with Gasteiger partial charge in [0.25, 0.3) is 5.56 Å². The molecule has 3 aliphatic rings. The van der Waals surface area contributed by atoms with E-state index in [1.807, 2.05) is 50.2 Å². The minimum absolute atomic E-state index is 0.00744. The summed E-state index contributed by atoms with van der Waals surface area (Å²) < 4.78 is 5.56. The summed E-state index contributed by atoms with van der Waals surface area (Å²) in [4.78, 5) is 37.1. The van der Waals surface area contributed by atoms with Crippen molar-refractivity contribution >= 4 is 16.8 Å². The number of fused-ring (bicyclic) bond motifs is 1. The number of H-pyrrole nitrogens is 1. The number of aromatic hydroxyl groups is 1. The van der Waals surface area contributed by atoms with Crippen molar-refractivity contribution < 1.29 is 14.6 Å². The SMILES string of the molecule is C=C(C[C@H](Cc1cc(C)c(O)c(C)c1)C(=O)N1CCN(C2CCOCC2)CC1)N1CCC(c2cc3ccccc3[nH]c2=O)CC1. The van der Waals surface area contributed by atoms with Gasteiger partial charge in [0.15, 0.2) is 0 Å². The van der Waals surface area contributed by atoms with E-state index in [-0.39, 0.29) is 23.3 Å². The third-order valence-electron chi connectivity index (χ3n) is 10.4. The molecule has 0 radical (unpaired) electrons. The highest BCUT2D eigenvalue weighted by Crippen LogP contribution is 2.32. The molecule has 3 saturated heterocycles. The van der Waals surface area contributed by atoms with E-state index in [9.17, 15) is 14.7 Å². The van der Waals surface area contributed by atoms with Crippen molar-refractivity contribution in [1.82, 2.24) is 19.7 Å². The summed E-state index contributed by atoms with van der Waals surface area (Å²) in [5, 5.41) is 11.4. The van der Waals surface area contributed by atoms with Crippen molar-refractivity contribution in [2.75, 3.05) is 52.5 Å². The molecule has 6 rings (SSSR count). The minimum atomic E-state index is -0.225. The van der Waals surface area contributed by atoms with Crippen LogP contribution in [0.15, 0.2) is 59.5 Å². The fourth-order valence-electron chi connectivity index (χ4n) is 7.70. The summed E-state index contributed by atoms with van der Waals surface area (Å²) in [6, 6.07) is 14.6. The number of hydrogen-bond acceptors (Lipinski definition) is 6. The standard InChI is InChI=1S/C37H48N4O4/c1-25-20-28(21-26(2)35(25)42)23-31(37(44)41-16-14-40(15-17-41)32-10-18-45-19-11-32)22-27(3)39-12-8-29(9-13-39)33-24-30-6-4-5-7-34(30)38-36(33)43/h4-7,20-21,24,29,31-32,42H,3,8-19,22-23H2,1-2H3,(H,38,43)/t31-/m1/s1. The van der Waals surface area contributed by atoms with E-state index < -0.39 is 0 Å². The number of amides is 1. The van der Waals surface area contributed by atoms with Gasteiger partial charge in [-0.25, -0.2) is 0 Å². The van der Waals surface area contributed by atoms with Gasteiger partial charge in [-0.15, -0.1) is 0 Å². The van der Waals surface area contributed by atoms with Crippen LogP contribution in [0.4, 0.5) is 0 Å². The number of rotatable bonds is 8. The van der Waals surface area contributed by atoms with Gasteiger partial charge in [-0.3, -0.25) is 14.5 Å². The number of nitrogens with zero attached hydrogens (tertiary/aromatic N) is 3. The number of pyridine rings is 1. The zero-order valence-corrected chi connectivity index (χ0v) is 26.9. The predicted molar refractivity (Wildman–Crippen MR) is 179 cm³/mol. The van der Waals surface area contributed by atoms with Gasteiger partial charge in [-0.2, -0.15) is 0 Å². The van der Waals surface area contributed by atoms with Gasteiger partial charge in [0.2, 0.25) is 5.91 Å². The van der Waals surface area contributed by atoms with Crippen LogP contribution < -0.4 is 5.56 Å². The molecule has 8 nitrogen and oxygen atoms in total. The molecule has 240 valence electrons. The lowest BCUT2D eigenvalue weighted by atomic mass is 9.88. The van der Waals surface area contributed by atoms with Crippen LogP contribution in [-0.2, 0) is 16.0 Å². The molecule has 1 atom stereocenters. The molecule has 0 spiro atoms. The number of aryl methyl sites for hydroxylation is 2. The molecule has 0 saturated carbocycles. The number of para-hydroxylation sites is 1. The van der Waals surface area contributed by atoms with E-state index in [0.717, 1.165) is 117 Å². The Hall–Kier alpha value is -3.62. The molecule has 0 unspecified atom stereocenters. The Morgan fingerprint density at radius 1 is 0.956 bits per heavy atom. The predicted octanol–water partition coefficient (Wildman–Crippen LogP) is 5.12. The van der Waals surface area contributed by atoms with E-state index in [4.69, 9.17) is 4.74 Å². The molecule has 3 fully saturated rings. The van der Waals surface area contributed by atoms with Crippen LogP contribution in [0.3, 0.4) is 0 Å². The van der Waals surface area contributed by atoms with Crippen LogP contribution in [0.1, 0.15) is 60.3 Å². The van der Waals surface area contributed by atoms with Crippen LogP contribution in [0, 0.1) is 19.8 Å². The Morgan fingerprint density at radius 3 is 2.31 bits per heavy atom. The normalized spacial score (nSPS) is 19.6. The monoisotopic (exact) mass is 612 g/mol. The highest BCUT2D eigenvalue weighted by molar-refractivity contribution is 5.80. The van der Waals surface area contributed by atoms with E-state index in [0.29, 0.717) is 24.6 Å². The third-order valence-corrected chi connectivity index (χ3v) is 10.4. The second-order valence-corrected chi connectivity index (χ2v) is 13.4. The number of aromatic nitrogens is 1. The fraction of sp³-hybridized carbons (Fsp3) is 0.514. The van der Waals surface area contributed by atoms with Crippen molar-refractivity contribution in [3.63, 3.8) is 0 Å². The Bertz CT molecular complexity index is 1550. The Labute approximate surface area is 266 Å². The number of aromatic amines is 1. The second-order valence-electron chi connectivity index (χ2n) is 13.4. The van der Waals surface area contributed by atoms with Crippen LogP contribution in [0.5, 0.6) is 5.75 Å². The molecule has 0 bridgehead atoms. The topological polar surface area (TPSA) is 89.1 Å². The van der Waals surface area contributed by atoms with E-state index in [1.165, 1.54) is 0 Å². The lowest BCUT2D eigenvalue weighted by Crippen LogP contribution is -2.54. The maximum absolute atomic E-state index is 14.2. The fourth-order valence-corrected chi connectivity index (χ4v) is 7.70. The summed E-state index contributed by atoms with van der Waals surface area (Å²) in [6.07, 6.45) is 5.11. The Morgan fingerprint density at radius 2 is 1.62 bits per heavy atom. The van der Waals surface area contributed by atoms with Crippen molar-refractivity contribution in [1.29, 1.82) is 0 Å². The van der Waals surface area contributed by atoms with E-state index >= 15 is 0 Å². The number of hydrogen-bond donors (Lipinski definition) is 2. The molecule has 2 N–H and O–H groups in total. The molecular weight excluding hydrogens is 564 g/mol. The second kappa shape index (κ2) is 13.8. The highest BCUT2D eigenvalue weighted by Gasteiger charge is 2.32. The smallest absolute Gasteiger partial charge is 0.251 e. The lowest BCUT2D eigenvalue weighted by molar-refractivity contribution is -0.138. The molecule has 3 aromatic rings. The maximum atomic E-state index is 14.2. The first-order valence-electron chi connectivity index (χ1n) is 16.7. The third kappa shape index (κ3) is 7.12. The largest absolute Gasteiger partial charge is 0.507 e. The molecule has 1 amide bonds. The minimum Gasteiger partial charge on any atom is -0.507 e. The van der Waals surface area contributed by atoms with Crippen molar-refractivity contribution in [3.05, 3.63) is 87.3 Å². The first-order valence-corrected chi connectivity index (χ1v) is 16.7. The van der Waals surface area contributed by atoms with Crippen molar-refractivity contribution in [2.24, 2.45) is 5.92 Å². The summed E-state index contributed by atoms with van der Waals surface area (Å²) in [5.74, 6) is 0.499. The number of carbonyl (C=O) groups is 1. The number of likely N-dealkylation sites (tertiary alicyclic amines) is 1. The number of allylic oxidation sites excluding steroid dienone is 1. The highest BCUT2D eigenvalue weighted by atomic mass is 16.5. The van der Waals surface area contributed by atoms with E-state index in [1.54, 1.807) is 0 Å². The maximum Gasteiger partial charge on any atom is 0.251 e. The molecular formula is C37H48N4O4. The lowest BCUT2D eigenvalue weighted by Gasteiger charge is -2.42. The van der Waals surface area contributed by atoms with Crippen LogP contribution in [0.25, 0.3) is 10.9 Å². The van der Waals surface area contributed by atoms with Gasteiger partial charge < -0.3 is 24.6 Å². The molecule has 2 aromatic carbocycles. The zero-order chi connectivity index (χ0) is 31.5. The number of phenols is 1. The Kier molecular flexibility index (Phi) is 9.61. The average Bonchev–Trinajstić information content (AvgIpc) is 3.06. The summed E-state index contributed by atoms with van der Waals surface area (Å²) in [7, 11) is 0. The van der Waals surface area contributed by atoms with Crippen LogP contribution in [-0.4, -0.2) is 89.2 Å². The molecule has 4 heterocycles. The first kappa shape index (κ1) is 31.4.